The summed E-state index contributed by atoms with van der Waals surface area (Å²) in [4.78, 5) is 1.96. The molecule has 7 nitrogen and oxygen atoms in total. The third kappa shape index (κ3) is 13.8. The van der Waals surface area contributed by atoms with Gasteiger partial charge in [0.05, 0.1) is 12.7 Å². The molecule has 0 aliphatic rings. The van der Waals surface area contributed by atoms with E-state index in [9.17, 15) is 20.4 Å². The molecule has 0 saturated heterocycles. The van der Waals surface area contributed by atoms with Crippen LogP contribution in [0.15, 0.2) is 0 Å². The minimum atomic E-state index is -1.58. The molecule has 0 aliphatic carbocycles. The maximum atomic E-state index is 10.1. The average Bonchev–Trinajstić information content (AvgIpc) is 2.68. The Morgan fingerprint density at radius 3 is 1.96 bits per heavy atom. The summed E-state index contributed by atoms with van der Waals surface area (Å²) in [5, 5.41) is 47.8. The average molecular weight is 408 g/mol. The molecule has 0 aromatic rings. The van der Waals surface area contributed by atoms with E-state index in [1.165, 1.54) is 32.1 Å². The van der Waals surface area contributed by atoms with Crippen molar-refractivity contribution in [2.45, 2.75) is 90.1 Å². The zero-order valence-corrected chi connectivity index (χ0v) is 18.2. The van der Waals surface area contributed by atoms with Crippen molar-refractivity contribution in [3.63, 3.8) is 0 Å². The van der Waals surface area contributed by atoms with Crippen molar-refractivity contribution in [1.29, 1.82) is 0 Å². The third-order valence-electron chi connectivity index (χ3n) is 5.05. The zero-order chi connectivity index (χ0) is 21.4. The van der Waals surface area contributed by atoms with Crippen molar-refractivity contribution in [1.82, 2.24) is 4.90 Å². The van der Waals surface area contributed by atoms with Crippen LogP contribution < -0.4 is 0 Å². The van der Waals surface area contributed by atoms with Crippen molar-refractivity contribution in [3.05, 3.63) is 0 Å². The Kier molecular flexibility index (Phi) is 17.4. The lowest BCUT2D eigenvalue weighted by molar-refractivity contribution is -0.119. The quantitative estimate of drug-likeness (QED) is 0.204. The molecule has 0 spiro atoms. The molecule has 7 heteroatoms. The SMILES string of the molecule is CCN(CCCOCCCCCCCC(C)C)C[C@H](O)[C@@H](O)[C@H](O)[C@H](O)CO. The lowest BCUT2D eigenvalue weighted by atomic mass is 10.0. The Bertz CT molecular complexity index is 345. The maximum absolute atomic E-state index is 10.1. The van der Waals surface area contributed by atoms with E-state index in [1.807, 2.05) is 11.8 Å². The topological polar surface area (TPSA) is 114 Å². The fourth-order valence-corrected chi connectivity index (χ4v) is 3.09. The predicted octanol–water partition coefficient (Wildman–Crippen LogP) is 1.15. The van der Waals surface area contributed by atoms with Crippen LogP contribution in [-0.2, 0) is 4.74 Å². The first-order valence-corrected chi connectivity index (χ1v) is 11.0. The predicted molar refractivity (Wildman–Crippen MR) is 111 cm³/mol. The van der Waals surface area contributed by atoms with Crippen LogP contribution in [0.5, 0.6) is 0 Å². The highest BCUT2D eigenvalue weighted by Gasteiger charge is 2.30. The number of hydrogen-bond acceptors (Lipinski definition) is 7. The molecule has 0 amide bonds. The van der Waals surface area contributed by atoms with Crippen molar-refractivity contribution >= 4 is 0 Å². The summed E-state index contributed by atoms with van der Waals surface area (Å²) < 4.78 is 5.67. The number of likely N-dealkylation sites (N-methyl/N-ethyl adjacent to an activating group) is 1. The molecular weight excluding hydrogens is 362 g/mol. The largest absolute Gasteiger partial charge is 0.394 e. The molecule has 0 aromatic carbocycles. The molecule has 0 saturated carbocycles. The minimum Gasteiger partial charge on any atom is -0.394 e. The molecule has 0 aromatic heterocycles. The van der Waals surface area contributed by atoms with Gasteiger partial charge in [-0.05, 0) is 25.3 Å². The van der Waals surface area contributed by atoms with E-state index in [4.69, 9.17) is 9.84 Å². The Labute approximate surface area is 171 Å². The zero-order valence-electron chi connectivity index (χ0n) is 18.2. The Morgan fingerprint density at radius 1 is 0.786 bits per heavy atom. The normalized spacial score (nSPS) is 16.5. The van der Waals surface area contributed by atoms with Crippen molar-refractivity contribution in [3.8, 4) is 0 Å². The highest BCUT2D eigenvalue weighted by molar-refractivity contribution is 4.82. The van der Waals surface area contributed by atoms with Gasteiger partial charge in [-0.2, -0.15) is 0 Å². The first-order chi connectivity index (χ1) is 13.3. The van der Waals surface area contributed by atoms with Gasteiger partial charge in [-0.1, -0.05) is 52.9 Å². The summed E-state index contributed by atoms with van der Waals surface area (Å²) >= 11 is 0. The van der Waals surface area contributed by atoms with Crippen LogP contribution in [0.25, 0.3) is 0 Å². The summed E-state index contributed by atoms with van der Waals surface area (Å²) in [6.45, 7) is 8.85. The molecule has 0 rings (SSSR count). The second-order valence-electron chi connectivity index (χ2n) is 8.11. The van der Waals surface area contributed by atoms with Gasteiger partial charge in [0.25, 0.3) is 0 Å². The van der Waals surface area contributed by atoms with Crippen LogP contribution >= 0.6 is 0 Å². The van der Waals surface area contributed by atoms with Crippen LogP contribution in [0.4, 0.5) is 0 Å². The van der Waals surface area contributed by atoms with Crippen LogP contribution in [0.3, 0.4) is 0 Å². The minimum absolute atomic E-state index is 0.184. The fourth-order valence-electron chi connectivity index (χ4n) is 3.09. The van der Waals surface area contributed by atoms with Gasteiger partial charge in [0.15, 0.2) is 0 Å². The number of unbranched alkanes of at least 4 members (excludes halogenated alkanes) is 4. The Hall–Kier alpha value is -0.280. The van der Waals surface area contributed by atoms with Gasteiger partial charge in [-0.15, -0.1) is 0 Å². The van der Waals surface area contributed by atoms with Crippen LogP contribution in [0.2, 0.25) is 0 Å². The van der Waals surface area contributed by atoms with Crippen LogP contribution in [-0.4, -0.2) is 94.3 Å². The van der Waals surface area contributed by atoms with Gasteiger partial charge in [0.1, 0.15) is 18.3 Å². The summed E-state index contributed by atoms with van der Waals surface area (Å²) in [5.74, 6) is 0.799. The molecule has 0 unspecified atom stereocenters. The summed E-state index contributed by atoms with van der Waals surface area (Å²) in [5.41, 5.74) is 0. The Morgan fingerprint density at radius 2 is 1.36 bits per heavy atom. The number of hydrogen-bond donors (Lipinski definition) is 5. The van der Waals surface area contributed by atoms with E-state index in [0.717, 1.165) is 25.4 Å². The van der Waals surface area contributed by atoms with Crippen LogP contribution in [0, 0.1) is 5.92 Å². The van der Waals surface area contributed by atoms with E-state index in [-0.39, 0.29) is 6.54 Å². The van der Waals surface area contributed by atoms with Gasteiger partial charge < -0.3 is 35.2 Å². The number of aliphatic hydroxyl groups excluding tert-OH is 5. The summed E-state index contributed by atoms with van der Waals surface area (Å²) in [7, 11) is 0. The number of nitrogens with zero attached hydrogens (tertiary/aromatic N) is 1. The molecule has 4 atom stereocenters. The molecular formula is C21H45NO6. The van der Waals surface area contributed by atoms with Gasteiger partial charge >= 0.3 is 0 Å². The molecule has 0 fully saturated rings. The monoisotopic (exact) mass is 407 g/mol. The molecule has 0 aliphatic heterocycles. The summed E-state index contributed by atoms with van der Waals surface area (Å²) in [6.07, 6.45) is 2.60. The first-order valence-electron chi connectivity index (χ1n) is 11.0. The van der Waals surface area contributed by atoms with Crippen molar-refractivity contribution in [2.24, 2.45) is 5.92 Å². The molecule has 5 N–H and O–H groups in total. The third-order valence-corrected chi connectivity index (χ3v) is 5.05. The second kappa shape index (κ2) is 17.6. The van der Waals surface area contributed by atoms with Gasteiger partial charge in [0, 0.05) is 26.3 Å². The maximum Gasteiger partial charge on any atom is 0.111 e. The van der Waals surface area contributed by atoms with Gasteiger partial charge in [-0.3, -0.25) is 0 Å². The standard InChI is InChI=1S/C21H45NO6/c1-4-22(15-18(24)20(26)21(27)19(25)16-23)12-10-14-28-13-9-7-5-6-8-11-17(2)3/h17-21,23-27H,4-16H2,1-3H3/t18-,19+,20+,21+/m0/s1. The highest BCUT2D eigenvalue weighted by Crippen LogP contribution is 2.11. The molecule has 0 heterocycles. The van der Waals surface area contributed by atoms with Crippen molar-refractivity contribution in [2.75, 3.05) is 39.5 Å². The fraction of sp³-hybridized carbons (Fsp3) is 1.00. The molecule has 170 valence electrons. The lowest BCUT2D eigenvalue weighted by Gasteiger charge is -2.29. The Balaban J connectivity index is 3.75. The smallest absolute Gasteiger partial charge is 0.111 e. The summed E-state index contributed by atoms with van der Waals surface area (Å²) in [6, 6.07) is 0. The molecule has 0 bridgehead atoms. The van der Waals surface area contributed by atoms with Crippen LogP contribution in [0.1, 0.15) is 65.7 Å². The number of rotatable bonds is 19. The lowest BCUT2D eigenvalue weighted by Crippen LogP contribution is -2.49. The van der Waals surface area contributed by atoms with E-state index in [0.29, 0.717) is 19.7 Å². The second-order valence-corrected chi connectivity index (χ2v) is 8.11. The van der Waals surface area contributed by atoms with Gasteiger partial charge in [0.2, 0.25) is 0 Å². The molecule has 0 radical (unpaired) electrons. The van der Waals surface area contributed by atoms with E-state index >= 15 is 0 Å². The van der Waals surface area contributed by atoms with Gasteiger partial charge in [-0.25, -0.2) is 0 Å². The van der Waals surface area contributed by atoms with E-state index in [1.54, 1.807) is 0 Å². The number of ether oxygens (including phenoxy) is 1. The first kappa shape index (κ1) is 27.7. The van der Waals surface area contributed by atoms with E-state index < -0.39 is 31.0 Å². The molecule has 28 heavy (non-hydrogen) atoms. The number of aliphatic hydroxyl groups is 5. The highest BCUT2D eigenvalue weighted by atomic mass is 16.5. The van der Waals surface area contributed by atoms with Crippen molar-refractivity contribution < 1.29 is 30.3 Å². The van der Waals surface area contributed by atoms with E-state index in [2.05, 4.69) is 13.8 Å².